The zero-order valence-corrected chi connectivity index (χ0v) is 15.0. The Labute approximate surface area is 139 Å². The maximum atomic E-state index is 8.89. The average molecular weight is 312 g/mol. The van der Waals surface area contributed by atoms with Crippen molar-refractivity contribution in [2.45, 2.75) is 122 Å². The van der Waals surface area contributed by atoms with Crippen LogP contribution in [-0.4, -0.2) is 5.97 Å². The molecule has 0 spiro atoms. The van der Waals surface area contributed by atoms with E-state index in [1.807, 2.05) is 0 Å². The maximum Gasteiger partial charge on any atom is 0.0383 e. The molecule has 0 N–H and O–H groups in total. The summed E-state index contributed by atoms with van der Waals surface area (Å²) in [5.74, 6) is -1.08. The molecule has 0 aromatic rings. The van der Waals surface area contributed by atoms with Gasteiger partial charge in [-0.15, -0.1) is 0 Å². The number of hydrogen-bond donors (Lipinski definition) is 0. The molecular weight excluding hydrogens is 272 g/mol. The third-order valence-corrected chi connectivity index (χ3v) is 4.50. The lowest BCUT2D eigenvalue weighted by atomic mass is 10.0. The Morgan fingerprint density at radius 1 is 0.455 bits per heavy atom. The molecule has 0 amide bonds. The minimum atomic E-state index is -1.08. The monoisotopic (exact) mass is 311 g/mol. The van der Waals surface area contributed by atoms with Crippen LogP contribution in [0.4, 0.5) is 0 Å². The van der Waals surface area contributed by atoms with E-state index in [4.69, 9.17) is 9.90 Å². The first-order chi connectivity index (χ1) is 10.7. The Morgan fingerprint density at radius 3 is 0.545 bits per heavy atom. The Morgan fingerprint density at radius 2 is 0.500 bits per heavy atom. The summed E-state index contributed by atoms with van der Waals surface area (Å²) in [7, 11) is 0. The summed E-state index contributed by atoms with van der Waals surface area (Å²) in [5.41, 5.74) is 0. The van der Waals surface area contributed by atoms with Gasteiger partial charge in [-0.3, -0.25) is 0 Å². The van der Waals surface area contributed by atoms with Gasteiger partial charge in [0.1, 0.15) is 0 Å². The summed E-state index contributed by atoms with van der Waals surface area (Å²) < 4.78 is 0. The van der Waals surface area contributed by atoms with Gasteiger partial charge in [0.2, 0.25) is 0 Å². The lowest BCUT2D eigenvalue weighted by Crippen LogP contribution is -2.16. The summed E-state index contributed by atoms with van der Waals surface area (Å²) in [6, 6.07) is 0. The number of aliphatic carboxylic acids is 1. The van der Waals surface area contributed by atoms with E-state index in [9.17, 15) is 0 Å². The van der Waals surface area contributed by atoms with Crippen molar-refractivity contribution < 1.29 is 9.90 Å². The summed E-state index contributed by atoms with van der Waals surface area (Å²) in [6.07, 6.45) is 27.0. The first kappa shape index (κ1) is 21.5. The molecule has 3 aliphatic rings. The van der Waals surface area contributed by atoms with Crippen molar-refractivity contribution in [2.24, 2.45) is 0 Å². The molecule has 2 heteroatoms. The van der Waals surface area contributed by atoms with Crippen LogP contribution in [-0.2, 0) is 4.79 Å². The molecule has 0 atom stereocenters. The van der Waals surface area contributed by atoms with Crippen LogP contribution in [0.1, 0.15) is 122 Å². The van der Waals surface area contributed by atoms with Gasteiger partial charge in [-0.1, -0.05) is 116 Å². The molecule has 0 heterocycles. The quantitative estimate of drug-likeness (QED) is 0.569. The molecule has 0 radical (unpaired) electrons. The van der Waals surface area contributed by atoms with Crippen LogP contribution in [0.2, 0.25) is 0 Å². The van der Waals surface area contributed by atoms with Gasteiger partial charge in [0, 0.05) is 5.97 Å². The van der Waals surface area contributed by atoms with Crippen molar-refractivity contribution in [3.63, 3.8) is 0 Å². The number of carboxylic acids is 1. The molecule has 132 valence electrons. The first-order valence-corrected chi connectivity index (χ1v) is 9.91. The summed E-state index contributed by atoms with van der Waals surface area (Å²) in [4.78, 5) is 8.89. The van der Waals surface area contributed by atoms with E-state index < -0.39 is 5.97 Å². The van der Waals surface area contributed by atoms with Crippen molar-refractivity contribution >= 4 is 5.97 Å². The summed E-state index contributed by atoms with van der Waals surface area (Å²) in [6.45, 7) is 0.972. The molecular formula is C20H39O2-. The Hall–Kier alpha value is -0.530. The van der Waals surface area contributed by atoms with Crippen LogP contribution in [0.25, 0.3) is 0 Å². The molecule has 3 fully saturated rings. The second kappa shape index (κ2) is 18.5. The SMILES string of the molecule is C1CCCCC1.C1CCCCC1.C1CCCCC1.CC(=O)[O-]. The highest BCUT2D eigenvalue weighted by Gasteiger charge is 1.96. The molecule has 0 bridgehead atoms. The van der Waals surface area contributed by atoms with Crippen LogP contribution in [0, 0.1) is 0 Å². The largest absolute Gasteiger partial charge is 0.550 e. The molecule has 0 saturated heterocycles. The van der Waals surface area contributed by atoms with Gasteiger partial charge in [0.05, 0.1) is 0 Å². The minimum absolute atomic E-state index is 0.972. The van der Waals surface area contributed by atoms with E-state index >= 15 is 0 Å². The van der Waals surface area contributed by atoms with Gasteiger partial charge in [-0.25, -0.2) is 0 Å². The van der Waals surface area contributed by atoms with Crippen LogP contribution >= 0.6 is 0 Å². The van der Waals surface area contributed by atoms with Crippen molar-refractivity contribution in [3.8, 4) is 0 Å². The molecule has 0 aliphatic heterocycles. The van der Waals surface area contributed by atoms with Crippen molar-refractivity contribution in [1.82, 2.24) is 0 Å². The Balaban J connectivity index is 0.000000271. The topological polar surface area (TPSA) is 40.1 Å². The van der Waals surface area contributed by atoms with E-state index in [1.54, 1.807) is 0 Å². The van der Waals surface area contributed by atoms with Crippen molar-refractivity contribution in [3.05, 3.63) is 0 Å². The van der Waals surface area contributed by atoms with Crippen molar-refractivity contribution in [2.75, 3.05) is 0 Å². The standard InChI is InChI=1S/3C6H12.C2H4O2/c3*1-2-4-6-5-3-1;1-2(3)4/h3*1-6H2;1H3,(H,3,4)/p-1. The third kappa shape index (κ3) is 21.8. The van der Waals surface area contributed by atoms with Crippen LogP contribution in [0.3, 0.4) is 0 Å². The second-order valence-corrected chi connectivity index (χ2v) is 6.86. The average Bonchev–Trinajstić information content (AvgIpc) is 2.60. The number of carbonyl (C=O) groups excluding carboxylic acids is 1. The van der Waals surface area contributed by atoms with Gasteiger partial charge in [-0.2, -0.15) is 0 Å². The molecule has 3 aliphatic carbocycles. The molecule has 0 unspecified atom stereocenters. The molecule has 3 rings (SSSR count). The molecule has 3 saturated carbocycles. The van der Waals surface area contributed by atoms with Gasteiger partial charge in [0.15, 0.2) is 0 Å². The highest BCUT2D eigenvalue weighted by molar-refractivity contribution is 5.60. The molecule has 0 aromatic carbocycles. The number of carboxylic acid groups (broad SMARTS) is 1. The van der Waals surface area contributed by atoms with E-state index in [2.05, 4.69) is 0 Å². The smallest absolute Gasteiger partial charge is 0.0383 e. The molecule has 0 aromatic heterocycles. The number of hydrogen-bond acceptors (Lipinski definition) is 2. The first-order valence-electron chi connectivity index (χ1n) is 9.91. The minimum Gasteiger partial charge on any atom is -0.550 e. The fourth-order valence-corrected chi connectivity index (χ4v) is 3.18. The molecule has 2 nitrogen and oxygen atoms in total. The van der Waals surface area contributed by atoms with Gasteiger partial charge < -0.3 is 9.90 Å². The summed E-state index contributed by atoms with van der Waals surface area (Å²) in [5, 5.41) is 8.89. The third-order valence-electron chi connectivity index (χ3n) is 4.50. The molecule has 22 heavy (non-hydrogen) atoms. The predicted octanol–water partition coefficient (Wildman–Crippen LogP) is 5.78. The highest BCUT2D eigenvalue weighted by atomic mass is 16.4. The lowest BCUT2D eigenvalue weighted by molar-refractivity contribution is -0.302. The van der Waals surface area contributed by atoms with E-state index in [1.165, 1.54) is 116 Å². The zero-order chi connectivity index (χ0) is 16.3. The van der Waals surface area contributed by atoms with E-state index in [-0.39, 0.29) is 0 Å². The fraction of sp³-hybridized carbons (Fsp3) is 0.950. The van der Waals surface area contributed by atoms with Gasteiger partial charge >= 0.3 is 0 Å². The number of rotatable bonds is 0. The Bertz CT molecular complexity index is 147. The predicted molar refractivity (Wildman–Crippen MR) is 93.8 cm³/mol. The highest BCUT2D eigenvalue weighted by Crippen LogP contribution is 2.16. The summed E-state index contributed by atoms with van der Waals surface area (Å²) >= 11 is 0. The van der Waals surface area contributed by atoms with Crippen LogP contribution < -0.4 is 5.11 Å². The lowest BCUT2D eigenvalue weighted by Gasteiger charge is -2.05. The van der Waals surface area contributed by atoms with Crippen molar-refractivity contribution in [1.29, 1.82) is 0 Å². The van der Waals surface area contributed by atoms with Crippen LogP contribution in [0.15, 0.2) is 0 Å². The van der Waals surface area contributed by atoms with Crippen LogP contribution in [0.5, 0.6) is 0 Å². The maximum absolute atomic E-state index is 8.89. The normalized spacial score (nSPS) is 20.8. The van der Waals surface area contributed by atoms with Gasteiger partial charge in [-0.05, 0) is 6.92 Å². The zero-order valence-electron chi connectivity index (χ0n) is 15.0. The second-order valence-electron chi connectivity index (χ2n) is 6.86. The number of carbonyl (C=O) groups is 1. The van der Waals surface area contributed by atoms with E-state index in [0.29, 0.717) is 0 Å². The fourth-order valence-electron chi connectivity index (χ4n) is 3.18. The van der Waals surface area contributed by atoms with Gasteiger partial charge in [0.25, 0.3) is 0 Å². The van der Waals surface area contributed by atoms with E-state index in [0.717, 1.165) is 6.92 Å². The Kier molecular flexibility index (Phi) is 18.1.